The van der Waals surface area contributed by atoms with E-state index in [9.17, 15) is 4.79 Å². The second-order valence-corrected chi connectivity index (χ2v) is 6.32. The molecule has 0 aromatic heterocycles. The van der Waals surface area contributed by atoms with Crippen LogP contribution in [0.4, 0.5) is 0 Å². The Morgan fingerprint density at radius 2 is 1.89 bits per heavy atom. The number of thiocarbonyl (C=S) groups is 1. The Morgan fingerprint density at radius 1 is 1.32 bits per heavy atom. The van der Waals surface area contributed by atoms with Crippen molar-refractivity contribution in [3.8, 4) is 5.75 Å². The molecule has 0 saturated heterocycles. The number of benzene rings is 1. The number of hydrogen-bond donors (Lipinski definition) is 2. The second-order valence-electron chi connectivity index (χ2n) is 4.99. The monoisotopic (exact) mass is 344 g/mol. The quantitative estimate of drug-likeness (QED) is 0.827. The molecule has 104 valence electrons. The first-order valence-electron chi connectivity index (χ1n) is 5.76. The van der Waals surface area contributed by atoms with Crippen LogP contribution in [0.3, 0.4) is 0 Å². The molecule has 19 heavy (non-hydrogen) atoms. The summed E-state index contributed by atoms with van der Waals surface area (Å²) in [6.45, 7) is 5.81. The van der Waals surface area contributed by atoms with Crippen LogP contribution < -0.4 is 15.4 Å². The van der Waals surface area contributed by atoms with Gasteiger partial charge in [-0.1, -0.05) is 15.9 Å². The Morgan fingerprint density at radius 3 is 2.42 bits per heavy atom. The van der Waals surface area contributed by atoms with Gasteiger partial charge in [-0.25, -0.2) is 0 Å². The van der Waals surface area contributed by atoms with Gasteiger partial charge in [0.25, 0.3) is 5.91 Å². The van der Waals surface area contributed by atoms with Gasteiger partial charge in [0.05, 0.1) is 0 Å². The average molecular weight is 345 g/mol. The SMILES string of the molecule is CC(C)(C)NC(=S)NC(=O)COc1ccc(Br)cc1. The lowest BCUT2D eigenvalue weighted by molar-refractivity contribution is -0.121. The van der Waals surface area contributed by atoms with Crippen LogP contribution in [0, 0.1) is 0 Å². The number of amides is 1. The fraction of sp³-hybridized carbons (Fsp3) is 0.385. The van der Waals surface area contributed by atoms with Gasteiger partial charge in [0.15, 0.2) is 11.7 Å². The number of halogens is 1. The number of rotatable bonds is 3. The number of hydrogen-bond acceptors (Lipinski definition) is 3. The first kappa shape index (κ1) is 15.9. The maximum Gasteiger partial charge on any atom is 0.264 e. The van der Waals surface area contributed by atoms with E-state index in [1.807, 2.05) is 32.9 Å². The van der Waals surface area contributed by atoms with Crippen molar-refractivity contribution in [1.29, 1.82) is 0 Å². The van der Waals surface area contributed by atoms with Crippen LogP contribution in [0.1, 0.15) is 20.8 Å². The van der Waals surface area contributed by atoms with Crippen molar-refractivity contribution in [2.24, 2.45) is 0 Å². The highest BCUT2D eigenvalue weighted by Gasteiger charge is 2.13. The van der Waals surface area contributed by atoms with Crippen LogP contribution in [0.2, 0.25) is 0 Å². The molecule has 1 amide bonds. The minimum Gasteiger partial charge on any atom is -0.484 e. The number of carbonyl (C=O) groups excluding carboxylic acids is 1. The van der Waals surface area contributed by atoms with Crippen LogP contribution >= 0.6 is 28.1 Å². The third kappa shape index (κ3) is 7.12. The van der Waals surface area contributed by atoms with Crippen molar-refractivity contribution in [2.75, 3.05) is 6.61 Å². The first-order chi connectivity index (χ1) is 8.76. The van der Waals surface area contributed by atoms with Crippen LogP contribution in [0.25, 0.3) is 0 Å². The van der Waals surface area contributed by atoms with Gasteiger partial charge >= 0.3 is 0 Å². The van der Waals surface area contributed by atoms with Crippen molar-refractivity contribution in [1.82, 2.24) is 10.6 Å². The lowest BCUT2D eigenvalue weighted by Gasteiger charge is -2.22. The lowest BCUT2D eigenvalue weighted by atomic mass is 10.1. The van der Waals surface area contributed by atoms with Gasteiger partial charge in [0.2, 0.25) is 0 Å². The molecule has 2 N–H and O–H groups in total. The molecule has 0 unspecified atom stereocenters. The molecule has 1 aromatic rings. The summed E-state index contributed by atoms with van der Waals surface area (Å²) in [6, 6.07) is 7.25. The van der Waals surface area contributed by atoms with Crippen LogP contribution in [0.15, 0.2) is 28.7 Å². The molecular weight excluding hydrogens is 328 g/mol. The van der Waals surface area contributed by atoms with Crippen molar-refractivity contribution >= 4 is 39.2 Å². The molecule has 0 heterocycles. The highest BCUT2D eigenvalue weighted by atomic mass is 79.9. The average Bonchev–Trinajstić information content (AvgIpc) is 2.25. The minimum atomic E-state index is -0.287. The summed E-state index contributed by atoms with van der Waals surface area (Å²) in [5.41, 5.74) is -0.184. The maximum absolute atomic E-state index is 11.6. The normalized spacial score (nSPS) is 10.7. The molecule has 0 fully saturated rings. The largest absolute Gasteiger partial charge is 0.484 e. The highest BCUT2D eigenvalue weighted by molar-refractivity contribution is 9.10. The van der Waals surface area contributed by atoms with Crippen LogP contribution in [0.5, 0.6) is 5.75 Å². The van der Waals surface area contributed by atoms with Gasteiger partial charge in [0.1, 0.15) is 5.75 Å². The highest BCUT2D eigenvalue weighted by Crippen LogP contribution is 2.15. The summed E-state index contributed by atoms with van der Waals surface area (Å²) in [5.74, 6) is 0.345. The Labute approximate surface area is 127 Å². The van der Waals surface area contributed by atoms with E-state index < -0.39 is 0 Å². The number of ether oxygens (including phenoxy) is 1. The zero-order valence-corrected chi connectivity index (χ0v) is 13.5. The van der Waals surface area contributed by atoms with E-state index in [1.54, 1.807) is 12.1 Å². The van der Waals surface area contributed by atoms with E-state index in [-0.39, 0.29) is 18.1 Å². The van der Waals surface area contributed by atoms with Gasteiger partial charge in [-0.3, -0.25) is 4.79 Å². The molecule has 0 bridgehead atoms. The van der Waals surface area contributed by atoms with Gasteiger partial charge in [0, 0.05) is 10.0 Å². The molecule has 1 aromatic carbocycles. The molecule has 6 heteroatoms. The minimum absolute atomic E-state index is 0.0758. The van der Waals surface area contributed by atoms with E-state index in [2.05, 4.69) is 26.6 Å². The smallest absolute Gasteiger partial charge is 0.264 e. The topological polar surface area (TPSA) is 50.4 Å². The number of carbonyl (C=O) groups is 1. The van der Waals surface area contributed by atoms with Gasteiger partial charge < -0.3 is 15.4 Å². The van der Waals surface area contributed by atoms with Crippen LogP contribution in [-0.2, 0) is 4.79 Å². The molecule has 0 radical (unpaired) electrons. The molecule has 0 saturated carbocycles. The third-order valence-corrected chi connectivity index (χ3v) is 2.66. The third-order valence-electron chi connectivity index (χ3n) is 1.93. The second kappa shape index (κ2) is 6.86. The maximum atomic E-state index is 11.6. The van der Waals surface area contributed by atoms with Crippen molar-refractivity contribution in [3.63, 3.8) is 0 Å². The molecule has 0 atom stereocenters. The predicted octanol–water partition coefficient (Wildman–Crippen LogP) is 2.62. The predicted molar refractivity (Wildman–Crippen MR) is 83.3 cm³/mol. The van der Waals surface area contributed by atoms with Gasteiger partial charge in [-0.05, 0) is 57.3 Å². The Hall–Kier alpha value is -1.14. The summed E-state index contributed by atoms with van der Waals surface area (Å²) in [7, 11) is 0. The summed E-state index contributed by atoms with van der Waals surface area (Å²) in [5, 5.41) is 5.86. The Balaban J connectivity index is 2.36. The van der Waals surface area contributed by atoms with Crippen molar-refractivity contribution in [3.05, 3.63) is 28.7 Å². The molecule has 0 spiro atoms. The van der Waals surface area contributed by atoms with Gasteiger partial charge in [-0.2, -0.15) is 0 Å². The van der Waals surface area contributed by atoms with E-state index in [1.165, 1.54) is 0 Å². The number of nitrogens with one attached hydrogen (secondary N) is 2. The van der Waals surface area contributed by atoms with Crippen molar-refractivity contribution < 1.29 is 9.53 Å². The summed E-state index contributed by atoms with van der Waals surface area (Å²) < 4.78 is 6.29. The molecule has 0 aliphatic heterocycles. The zero-order valence-electron chi connectivity index (χ0n) is 11.1. The molecule has 4 nitrogen and oxygen atoms in total. The fourth-order valence-corrected chi connectivity index (χ4v) is 1.90. The van der Waals surface area contributed by atoms with Gasteiger partial charge in [-0.15, -0.1) is 0 Å². The van der Waals surface area contributed by atoms with Crippen LogP contribution in [-0.4, -0.2) is 23.2 Å². The van der Waals surface area contributed by atoms with E-state index in [0.29, 0.717) is 10.9 Å². The van der Waals surface area contributed by atoms with E-state index >= 15 is 0 Å². The fourth-order valence-electron chi connectivity index (χ4n) is 1.21. The Bertz CT molecular complexity index is 455. The lowest BCUT2D eigenvalue weighted by Crippen LogP contribution is -2.49. The summed E-state index contributed by atoms with van der Waals surface area (Å²) in [6.07, 6.45) is 0. The molecule has 0 aliphatic rings. The Kier molecular flexibility index (Phi) is 5.75. The zero-order chi connectivity index (χ0) is 14.5. The van der Waals surface area contributed by atoms with Crippen molar-refractivity contribution in [2.45, 2.75) is 26.3 Å². The molecular formula is C13H17BrN2O2S. The standard InChI is InChI=1S/C13H17BrN2O2S/c1-13(2,3)16-12(19)15-11(17)8-18-10-6-4-9(14)5-7-10/h4-7H,8H2,1-3H3,(H2,15,16,17,19). The van der Waals surface area contributed by atoms with E-state index in [0.717, 1.165) is 4.47 Å². The summed E-state index contributed by atoms with van der Waals surface area (Å²) >= 11 is 8.35. The molecule has 0 aliphatic carbocycles. The first-order valence-corrected chi connectivity index (χ1v) is 6.97. The summed E-state index contributed by atoms with van der Waals surface area (Å²) in [4.78, 5) is 11.6. The molecule has 1 rings (SSSR count). The van der Waals surface area contributed by atoms with E-state index in [4.69, 9.17) is 17.0 Å².